The van der Waals surface area contributed by atoms with E-state index in [4.69, 9.17) is 9.84 Å². The van der Waals surface area contributed by atoms with Gasteiger partial charge in [-0.15, -0.1) is 0 Å². The monoisotopic (exact) mass is 300 g/mol. The molecule has 0 spiro atoms. The Bertz CT molecular complexity index is 564. The van der Waals surface area contributed by atoms with Crippen molar-refractivity contribution >= 4 is 27.4 Å². The van der Waals surface area contributed by atoms with Gasteiger partial charge in [0.1, 0.15) is 0 Å². The Morgan fingerprint density at radius 2 is 1.85 bits per heavy atom. The van der Waals surface area contributed by atoms with Crippen molar-refractivity contribution in [2.24, 2.45) is 0 Å². The molecule has 1 aliphatic heterocycles. The molecule has 7 nitrogen and oxygen atoms in total. The number of carbonyl (C=O) groups is 1. The Morgan fingerprint density at radius 1 is 1.25 bits per heavy atom. The molecule has 0 amide bonds. The first-order valence-electron chi connectivity index (χ1n) is 6.11. The number of carboxylic acid groups (broad SMARTS) is 1. The van der Waals surface area contributed by atoms with Crippen LogP contribution in [-0.4, -0.2) is 51.5 Å². The Kier molecular flexibility index (Phi) is 4.46. The summed E-state index contributed by atoms with van der Waals surface area (Å²) in [5.41, 5.74) is 1.33. The second kappa shape index (κ2) is 6.10. The highest BCUT2D eigenvalue weighted by atomic mass is 32.2. The third kappa shape index (κ3) is 4.10. The van der Waals surface area contributed by atoms with Gasteiger partial charge in [0.25, 0.3) is 0 Å². The highest BCUT2D eigenvalue weighted by Crippen LogP contribution is 2.19. The smallest absolute Gasteiger partial charge is 0.320 e. The number of hydrogen-bond donors (Lipinski definition) is 2. The molecule has 0 atom stereocenters. The van der Waals surface area contributed by atoms with Gasteiger partial charge in [-0.2, -0.15) is 0 Å². The van der Waals surface area contributed by atoms with E-state index in [2.05, 4.69) is 9.62 Å². The van der Waals surface area contributed by atoms with Gasteiger partial charge in [0.05, 0.1) is 13.2 Å². The standard InChI is InChI=1S/C12H16N2O5S/c15-12(16)9-20(17,18)13-10-1-3-11(4-2-10)14-5-7-19-8-6-14/h1-4,13H,5-9H2,(H,15,16). The zero-order valence-corrected chi connectivity index (χ0v) is 11.6. The number of morpholine rings is 1. The summed E-state index contributed by atoms with van der Waals surface area (Å²) in [6, 6.07) is 6.82. The van der Waals surface area contributed by atoms with Crippen LogP contribution in [0.4, 0.5) is 11.4 Å². The summed E-state index contributed by atoms with van der Waals surface area (Å²) in [4.78, 5) is 12.6. The molecule has 1 aromatic rings. The van der Waals surface area contributed by atoms with E-state index in [0.29, 0.717) is 18.9 Å². The topological polar surface area (TPSA) is 95.9 Å². The molecule has 0 saturated carbocycles. The molecule has 8 heteroatoms. The lowest BCUT2D eigenvalue weighted by atomic mass is 10.2. The maximum absolute atomic E-state index is 11.5. The van der Waals surface area contributed by atoms with Gasteiger partial charge in [0.15, 0.2) is 5.75 Å². The van der Waals surface area contributed by atoms with Gasteiger partial charge in [0, 0.05) is 24.5 Å². The van der Waals surface area contributed by atoms with E-state index in [1.54, 1.807) is 24.3 Å². The second-order valence-corrected chi connectivity index (χ2v) is 6.12. The Balaban J connectivity index is 2.02. The minimum absolute atomic E-state index is 0.350. The normalized spacial score (nSPS) is 15.9. The van der Waals surface area contributed by atoms with Crippen molar-refractivity contribution in [3.05, 3.63) is 24.3 Å². The van der Waals surface area contributed by atoms with Crippen molar-refractivity contribution in [1.29, 1.82) is 0 Å². The van der Waals surface area contributed by atoms with Crippen LogP contribution in [0.5, 0.6) is 0 Å². The highest BCUT2D eigenvalue weighted by molar-refractivity contribution is 7.93. The molecule has 0 aromatic heterocycles. The van der Waals surface area contributed by atoms with Crippen LogP contribution in [0.15, 0.2) is 24.3 Å². The zero-order valence-electron chi connectivity index (χ0n) is 10.8. The first-order valence-corrected chi connectivity index (χ1v) is 7.76. The number of nitrogens with one attached hydrogen (secondary N) is 1. The summed E-state index contributed by atoms with van der Waals surface area (Å²) in [7, 11) is -3.85. The number of aliphatic carboxylic acids is 1. The summed E-state index contributed by atoms with van der Waals surface area (Å²) >= 11 is 0. The van der Waals surface area contributed by atoms with Gasteiger partial charge in [0.2, 0.25) is 10.0 Å². The average molecular weight is 300 g/mol. The molecule has 110 valence electrons. The van der Waals surface area contributed by atoms with E-state index >= 15 is 0 Å². The largest absolute Gasteiger partial charge is 0.480 e. The molecule has 1 aliphatic rings. The third-order valence-electron chi connectivity index (χ3n) is 2.83. The Hall–Kier alpha value is -1.80. The predicted molar refractivity (Wildman–Crippen MR) is 74.5 cm³/mol. The van der Waals surface area contributed by atoms with Crippen LogP contribution in [0.2, 0.25) is 0 Å². The first kappa shape index (κ1) is 14.6. The maximum Gasteiger partial charge on any atom is 0.320 e. The van der Waals surface area contributed by atoms with E-state index in [0.717, 1.165) is 18.8 Å². The molecule has 0 unspecified atom stereocenters. The molecule has 0 radical (unpaired) electrons. The van der Waals surface area contributed by atoms with Crippen LogP contribution in [0.25, 0.3) is 0 Å². The fraction of sp³-hybridized carbons (Fsp3) is 0.417. The third-order valence-corrected chi connectivity index (χ3v) is 4.00. The van der Waals surface area contributed by atoms with Gasteiger partial charge < -0.3 is 14.7 Å². The number of carboxylic acids is 1. The van der Waals surface area contributed by atoms with Crippen molar-refractivity contribution in [2.45, 2.75) is 0 Å². The van der Waals surface area contributed by atoms with E-state index < -0.39 is 21.7 Å². The Labute approximate surface area is 117 Å². The lowest BCUT2D eigenvalue weighted by molar-refractivity contribution is -0.134. The van der Waals surface area contributed by atoms with Crippen molar-refractivity contribution in [2.75, 3.05) is 41.7 Å². The number of benzene rings is 1. The van der Waals surface area contributed by atoms with Crippen LogP contribution in [-0.2, 0) is 19.6 Å². The minimum Gasteiger partial charge on any atom is -0.480 e. The minimum atomic E-state index is -3.85. The van der Waals surface area contributed by atoms with E-state index in [1.165, 1.54) is 0 Å². The molecule has 20 heavy (non-hydrogen) atoms. The number of sulfonamides is 1. The quantitative estimate of drug-likeness (QED) is 0.814. The second-order valence-electron chi connectivity index (χ2n) is 4.40. The summed E-state index contributed by atoms with van der Waals surface area (Å²) < 4.78 is 30.4. The molecule has 0 bridgehead atoms. The molecule has 1 heterocycles. The van der Waals surface area contributed by atoms with Crippen molar-refractivity contribution < 1.29 is 23.1 Å². The summed E-state index contributed by atoms with van der Waals surface area (Å²) in [5, 5.41) is 8.50. The predicted octanol–water partition coefficient (Wildman–Crippen LogP) is 0.350. The van der Waals surface area contributed by atoms with Gasteiger partial charge in [-0.3, -0.25) is 9.52 Å². The van der Waals surface area contributed by atoms with Crippen LogP contribution >= 0.6 is 0 Å². The van der Waals surface area contributed by atoms with E-state index in [1.807, 2.05) is 0 Å². The number of ether oxygens (including phenoxy) is 1. The lowest BCUT2D eigenvalue weighted by Gasteiger charge is -2.28. The van der Waals surface area contributed by atoms with E-state index in [-0.39, 0.29) is 0 Å². The molecular weight excluding hydrogens is 284 g/mol. The molecule has 2 N–H and O–H groups in total. The van der Waals surface area contributed by atoms with Crippen LogP contribution < -0.4 is 9.62 Å². The average Bonchev–Trinajstić information content (AvgIpc) is 2.38. The lowest BCUT2D eigenvalue weighted by Crippen LogP contribution is -2.36. The summed E-state index contributed by atoms with van der Waals surface area (Å²) in [5.74, 6) is -2.33. The van der Waals surface area contributed by atoms with Crippen molar-refractivity contribution in [3.8, 4) is 0 Å². The van der Waals surface area contributed by atoms with Crippen LogP contribution in [0.3, 0.4) is 0 Å². The van der Waals surface area contributed by atoms with Crippen molar-refractivity contribution in [1.82, 2.24) is 0 Å². The first-order chi connectivity index (χ1) is 9.46. The number of hydrogen-bond acceptors (Lipinski definition) is 5. The molecule has 1 saturated heterocycles. The SMILES string of the molecule is O=C(O)CS(=O)(=O)Nc1ccc(N2CCOCC2)cc1. The molecule has 1 aromatic carbocycles. The molecule has 1 fully saturated rings. The van der Waals surface area contributed by atoms with E-state index in [9.17, 15) is 13.2 Å². The Morgan fingerprint density at radius 3 is 2.40 bits per heavy atom. The van der Waals surface area contributed by atoms with Crippen LogP contribution in [0.1, 0.15) is 0 Å². The summed E-state index contributed by atoms with van der Waals surface area (Å²) in [6.07, 6.45) is 0. The van der Waals surface area contributed by atoms with Gasteiger partial charge in [-0.1, -0.05) is 0 Å². The summed E-state index contributed by atoms with van der Waals surface area (Å²) in [6.45, 7) is 2.94. The number of anilines is 2. The molecule has 0 aliphatic carbocycles. The number of nitrogens with zero attached hydrogens (tertiary/aromatic N) is 1. The molecule has 2 rings (SSSR count). The van der Waals surface area contributed by atoms with Gasteiger partial charge in [-0.05, 0) is 24.3 Å². The fourth-order valence-electron chi connectivity index (χ4n) is 1.94. The van der Waals surface area contributed by atoms with Gasteiger partial charge >= 0.3 is 5.97 Å². The fourth-order valence-corrected chi connectivity index (χ4v) is 2.83. The van der Waals surface area contributed by atoms with Crippen LogP contribution in [0, 0.1) is 0 Å². The zero-order chi connectivity index (χ0) is 14.6. The molecular formula is C12H16N2O5S. The van der Waals surface area contributed by atoms with Gasteiger partial charge in [-0.25, -0.2) is 8.42 Å². The maximum atomic E-state index is 11.5. The van der Waals surface area contributed by atoms with Crippen molar-refractivity contribution in [3.63, 3.8) is 0 Å². The number of rotatable bonds is 5. The highest BCUT2D eigenvalue weighted by Gasteiger charge is 2.16.